The van der Waals surface area contributed by atoms with E-state index in [-0.39, 0.29) is 24.6 Å². The third kappa shape index (κ3) is 2.50. The van der Waals surface area contributed by atoms with Crippen molar-refractivity contribution in [1.82, 2.24) is 9.80 Å². The van der Waals surface area contributed by atoms with Crippen LogP contribution in [0.1, 0.15) is 18.0 Å². The van der Waals surface area contributed by atoms with Crippen LogP contribution in [0.4, 0.5) is 13.6 Å². The van der Waals surface area contributed by atoms with E-state index in [0.717, 1.165) is 18.2 Å². The molecule has 0 spiro atoms. The zero-order valence-corrected chi connectivity index (χ0v) is 10.4. The third-order valence-corrected chi connectivity index (χ3v) is 3.24. The lowest BCUT2D eigenvalue weighted by atomic mass is 10.1. The highest BCUT2D eigenvalue weighted by atomic mass is 19.1. The molecule has 1 fully saturated rings. The first kappa shape index (κ1) is 13.3. The lowest BCUT2D eigenvalue weighted by Crippen LogP contribution is -2.30. The fourth-order valence-corrected chi connectivity index (χ4v) is 2.21. The van der Waals surface area contributed by atoms with Gasteiger partial charge in [0.25, 0.3) is 0 Å². The Morgan fingerprint density at radius 2 is 2.21 bits per heavy atom. The van der Waals surface area contributed by atoms with Crippen molar-refractivity contribution >= 4 is 6.03 Å². The average Bonchev–Trinajstić information content (AvgIpc) is 2.67. The fourth-order valence-electron chi connectivity index (χ4n) is 2.21. The highest BCUT2D eigenvalue weighted by Crippen LogP contribution is 2.30. The predicted molar refractivity (Wildman–Crippen MR) is 64.1 cm³/mol. The Labute approximate surface area is 109 Å². The van der Waals surface area contributed by atoms with Crippen molar-refractivity contribution < 1.29 is 13.6 Å². The lowest BCUT2D eigenvalue weighted by Gasteiger charge is -2.18. The standard InChI is InChI=1S/C13H13F2N3O/c1-17-12(8-18(13(17)19)6-2-5-16)10-7-9(14)3-4-11(10)15/h3-4,7,12H,2,6,8H2,1H3. The molecular formula is C13H13F2N3O. The maximum Gasteiger partial charge on any atom is 0.320 e. The lowest BCUT2D eigenvalue weighted by molar-refractivity contribution is 0.196. The van der Waals surface area contributed by atoms with Crippen LogP contribution in [0, 0.1) is 23.0 Å². The van der Waals surface area contributed by atoms with Crippen LogP contribution in [0.5, 0.6) is 0 Å². The Bertz CT molecular complexity index is 541. The minimum atomic E-state index is -0.535. The van der Waals surface area contributed by atoms with Gasteiger partial charge in [-0.15, -0.1) is 0 Å². The number of hydrogen-bond acceptors (Lipinski definition) is 2. The Balaban J connectivity index is 2.24. The number of carbonyl (C=O) groups excluding carboxylic acids is 1. The van der Waals surface area contributed by atoms with Gasteiger partial charge in [0.2, 0.25) is 0 Å². The summed E-state index contributed by atoms with van der Waals surface area (Å²) in [6.45, 7) is 0.560. The molecule has 1 unspecified atom stereocenters. The second-order valence-electron chi connectivity index (χ2n) is 4.43. The Hall–Kier alpha value is -2.16. The number of rotatable bonds is 3. The van der Waals surface area contributed by atoms with Crippen molar-refractivity contribution in [3.8, 4) is 6.07 Å². The molecule has 0 aromatic heterocycles. The number of likely N-dealkylation sites (N-methyl/N-ethyl adjacent to an activating group) is 1. The topological polar surface area (TPSA) is 47.3 Å². The van der Waals surface area contributed by atoms with E-state index < -0.39 is 17.7 Å². The molecule has 0 radical (unpaired) electrons. The number of nitriles is 1. The van der Waals surface area contributed by atoms with Gasteiger partial charge in [-0.2, -0.15) is 5.26 Å². The molecule has 19 heavy (non-hydrogen) atoms. The molecular weight excluding hydrogens is 252 g/mol. The summed E-state index contributed by atoms with van der Waals surface area (Å²) in [5, 5.41) is 8.53. The summed E-state index contributed by atoms with van der Waals surface area (Å²) < 4.78 is 26.9. The fraction of sp³-hybridized carbons (Fsp3) is 0.385. The van der Waals surface area contributed by atoms with Crippen LogP contribution in [0.15, 0.2) is 18.2 Å². The van der Waals surface area contributed by atoms with E-state index in [9.17, 15) is 13.6 Å². The molecule has 2 rings (SSSR count). The molecule has 0 N–H and O–H groups in total. The zero-order chi connectivity index (χ0) is 14.0. The van der Waals surface area contributed by atoms with Crippen molar-refractivity contribution in [2.45, 2.75) is 12.5 Å². The van der Waals surface area contributed by atoms with Crippen molar-refractivity contribution in [3.05, 3.63) is 35.4 Å². The van der Waals surface area contributed by atoms with E-state index in [1.807, 2.05) is 6.07 Å². The van der Waals surface area contributed by atoms with Gasteiger partial charge in [-0.1, -0.05) is 0 Å². The molecule has 1 aromatic carbocycles. The molecule has 1 aliphatic heterocycles. The summed E-state index contributed by atoms with van der Waals surface area (Å²) >= 11 is 0. The molecule has 1 aromatic rings. The molecule has 0 aliphatic carbocycles. The zero-order valence-electron chi connectivity index (χ0n) is 10.4. The first-order valence-electron chi connectivity index (χ1n) is 5.88. The Morgan fingerprint density at radius 3 is 2.89 bits per heavy atom. The van der Waals surface area contributed by atoms with E-state index in [0.29, 0.717) is 6.54 Å². The number of amides is 2. The van der Waals surface area contributed by atoms with Crippen LogP contribution in [0.2, 0.25) is 0 Å². The van der Waals surface area contributed by atoms with Crippen molar-refractivity contribution in [3.63, 3.8) is 0 Å². The molecule has 100 valence electrons. The summed E-state index contributed by atoms with van der Waals surface area (Å²) in [4.78, 5) is 14.8. The molecule has 6 heteroatoms. The number of urea groups is 1. The average molecular weight is 265 g/mol. The molecule has 4 nitrogen and oxygen atoms in total. The Morgan fingerprint density at radius 1 is 1.47 bits per heavy atom. The van der Waals surface area contributed by atoms with Gasteiger partial charge in [0.15, 0.2) is 0 Å². The minimum absolute atomic E-state index is 0.162. The molecule has 1 atom stereocenters. The Kier molecular flexibility index (Phi) is 3.65. The van der Waals surface area contributed by atoms with Crippen LogP contribution in [0.3, 0.4) is 0 Å². The maximum atomic E-state index is 13.7. The summed E-state index contributed by atoms with van der Waals surface area (Å²) in [5.41, 5.74) is 0.162. The summed E-state index contributed by atoms with van der Waals surface area (Å²) in [6, 6.07) is 4.37. The van der Waals surface area contributed by atoms with Crippen LogP contribution in [-0.4, -0.2) is 36.0 Å². The molecule has 1 heterocycles. The van der Waals surface area contributed by atoms with Gasteiger partial charge in [-0.25, -0.2) is 13.6 Å². The highest BCUT2D eigenvalue weighted by molar-refractivity contribution is 5.77. The number of hydrogen-bond donors (Lipinski definition) is 0. The molecule has 0 saturated carbocycles. The van der Waals surface area contributed by atoms with Gasteiger partial charge in [0.05, 0.1) is 18.5 Å². The van der Waals surface area contributed by atoms with Gasteiger partial charge in [-0.3, -0.25) is 0 Å². The van der Waals surface area contributed by atoms with E-state index in [2.05, 4.69) is 0 Å². The smallest absolute Gasteiger partial charge is 0.320 e. The van der Waals surface area contributed by atoms with Crippen LogP contribution >= 0.6 is 0 Å². The van der Waals surface area contributed by atoms with E-state index in [1.165, 1.54) is 9.80 Å². The van der Waals surface area contributed by atoms with Crippen LogP contribution in [-0.2, 0) is 0 Å². The highest BCUT2D eigenvalue weighted by Gasteiger charge is 2.36. The maximum absolute atomic E-state index is 13.7. The first-order chi connectivity index (χ1) is 9.04. The SMILES string of the molecule is CN1C(=O)N(CCC#N)CC1c1cc(F)ccc1F. The van der Waals surface area contributed by atoms with Crippen molar-refractivity contribution in [1.29, 1.82) is 5.26 Å². The van der Waals surface area contributed by atoms with Crippen molar-refractivity contribution in [2.75, 3.05) is 20.1 Å². The quantitative estimate of drug-likeness (QED) is 0.841. The van der Waals surface area contributed by atoms with Crippen molar-refractivity contribution in [2.24, 2.45) is 0 Å². The number of benzene rings is 1. The number of halogens is 2. The minimum Gasteiger partial charge on any atom is -0.321 e. The van der Waals surface area contributed by atoms with E-state index >= 15 is 0 Å². The largest absolute Gasteiger partial charge is 0.321 e. The summed E-state index contributed by atoms with van der Waals surface area (Å²) in [6.07, 6.45) is 0.220. The van der Waals surface area contributed by atoms with E-state index in [1.54, 1.807) is 7.05 Å². The second-order valence-corrected chi connectivity index (χ2v) is 4.43. The van der Waals surface area contributed by atoms with E-state index in [4.69, 9.17) is 5.26 Å². The second kappa shape index (κ2) is 5.22. The molecule has 1 aliphatic rings. The molecule has 0 bridgehead atoms. The van der Waals surface area contributed by atoms with Gasteiger partial charge >= 0.3 is 6.03 Å². The molecule has 1 saturated heterocycles. The molecule has 2 amide bonds. The first-order valence-corrected chi connectivity index (χ1v) is 5.88. The summed E-state index contributed by atoms with van der Waals surface area (Å²) in [5.74, 6) is -1.07. The number of carbonyl (C=O) groups is 1. The van der Waals surface area contributed by atoms with Crippen LogP contribution in [0.25, 0.3) is 0 Å². The number of nitrogens with zero attached hydrogens (tertiary/aromatic N) is 3. The van der Waals surface area contributed by atoms with Crippen LogP contribution < -0.4 is 0 Å². The third-order valence-electron chi connectivity index (χ3n) is 3.24. The van der Waals surface area contributed by atoms with Gasteiger partial charge in [0.1, 0.15) is 11.6 Å². The van der Waals surface area contributed by atoms with Gasteiger partial charge in [-0.05, 0) is 18.2 Å². The summed E-state index contributed by atoms with van der Waals surface area (Å²) in [7, 11) is 1.55. The predicted octanol–water partition coefficient (Wildman–Crippen LogP) is 2.29. The van der Waals surface area contributed by atoms with Gasteiger partial charge in [0, 0.05) is 25.7 Å². The monoisotopic (exact) mass is 265 g/mol. The normalized spacial score (nSPS) is 18.8. The van der Waals surface area contributed by atoms with Gasteiger partial charge < -0.3 is 9.80 Å².